The largest absolute Gasteiger partial charge is 0.490 e. The zero-order chi connectivity index (χ0) is 22.0. The lowest BCUT2D eigenvalue weighted by Crippen LogP contribution is -2.35. The molecule has 160 valence electrons. The number of H-pyrrole nitrogens is 1. The van der Waals surface area contributed by atoms with Gasteiger partial charge in [-0.15, -0.1) is 0 Å². The van der Waals surface area contributed by atoms with Gasteiger partial charge >= 0.3 is 11.1 Å². The zero-order valence-electron chi connectivity index (χ0n) is 17.5. The molecule has 2 aromatic heterocycles. The second kappa shape index (κ2) is 8.47. The van der Waals surface area contributed by atoms with Crippen molar-refractivity contribution >= 4 is 11.0 Å². The van der Waals surface area contributed by atoms with Crippen molar-refractivity contribution in [3.05, 3.63) is 57.1 Å². The molecule has 0 amide bonds. The Kier molecular flexibility index (Phi) is 5.57. The van der Waals surface area contributed by atoms with Gasteiger partial charge in [-0.05, 0) is 57.2 Å². The fraction of sp³-hybridized carbons (Fsp3) is 0.273. The van der Waals surface area contributed by atoms with Gasteiger partial charge in [-0.25, -0.2) is 0 Å². The van der Waals surface area contributed by atoms with Gasteiger partial charge in [0, 0.05) is 17.7 Å². The Morgan fingerprint density at radius 1 is 0.968 bits per heavy atom. The van der Waals surface area contributed by atoms with Crippen LogP contribution in [0.5, 0.6) is 11.5 Å². The average molecular weight is 422 g/mol. The molecule has 31 heavy (non-hydrogen) atoms. The van der Waals surface area contributed by atoms with Crippen LogP contribution in [0.25, 0.3) is 33.9 Å². The number of nitrogens with one attached hydrogen (secondary N) is 1. The Balaban J connectivity index is 1.73. The van der Waals surface area contributed by atoms with E-state index in [4.69, 9.17) is 14.0 Å². The van der Waals surface area contributed by atoms with Crippen molar-refractivity contribution < 1.29 is 14.0 Å². The molecule has 0 saturated carbocycles. The van der Waals surface area contributed by atoms with Gasteiger partial charge in [0.1, 0.15) is 0 Å². The maximum Gasteiger partial charge on any atom is 0.316 e. The molecule has 0 radical (unpaired) electrons. The monoisotopic (exact) mass is 422 g/mol. The Bertz CT molecular complexity index is 1350. The summed E-state index contributed by atoms with van der Waals surface area (Å²) in [6.07, 6.45) is 0. The van der Waals surface area contributed by atoms with Gasteiger partial charge in [0.05, 0.1) is 24.2 Å². The summed E-state index contributed by atoms with van der Waals surface area (Å²) in [4.78, 5) is 31.1. The molecular weight excluding hydrogens is 400 g/mol. The molecule has 0 aliphatic heterocycles. The predicted molar refractivity (Wildman–Crippen MR) is 116 cm³/mol. The Morgan fingerprint density at radius 3 is 2.45 bits per heavy atom. The lowest BCUT2D eigenvalue weighted by atomic mass is 10.1. The predicted octanol–water partition coefficient (Wildman–Crippen LogP) is 3.22. The minimum atomic E-state index is -0.668. The molecule has 0 atom stereocenters. The van der Waals surface area contributed by atoms with E-state index in [2.05, 4.69) is 15.1 Å². The number of nitrogens with zero attached hydrogens (tertiary/aromatic N) is 3. The number of benzene rings is 2. The fourth-order valence-corrected chi connectivity index (χ4v) is 3.37. The van der Waals surface area contributed by atoms with Gasteiger partial charge in [-0.1, -0.05) is 5.16 Å². The highest BCUT2D eigenvalue weighted by Crippen LogP contribution is 2.33. The van der Waals surface area contributed by atoms with E-state index in [9.17, 15) is 9.59 Å². The molecule has 2 heterocycles. The van der Waals surface area contributed by atoms with Crippen molar-refractivity contribution in [2.24, 2.45) is 0 Å². The first-order valence-corrected chi connectivity index (χ1v) is 10.1. The summed E-state index contributed by atoms with van der Waals surface area (Å²) in [6, 6.07) is 10.7. The standard InChI is InChI=1S/C22H22N4O5/c1-4-26-16-9-7-13(11-15(16)23-20(27)22(26)28)19-24-21(31-25-19)14-8-10-17(29-5-2)18(12-14)30-6-3/h7-12H,4-6H2,1-3H3,(H,23,27). The number of aromatic amines is 1. The van der Waals surface area contributed by atoms with Crippen LogP contribution in [0.15, 0.2) is 50.5 Å². The molecule has 2 aromatic carbocycles. The minimum absolute atomic E-state index is 0.325. The molecule has 4 rings (SSSR count). The number of fused-ring (bicyclic) bond motifs is 1. The van der Waals surface area contributed by atoms with Crippen molar-refractivity contribution in [1.29, 1.82) is 0 Å². The highest BCUT2D eigenvalue weighted by molar-refractivity contribution is 5.80. The highest BCUT2D eigenvalue weighted by Gasteiger charge is 2.15. The van der Waals surface area contributed by atoms with E-state index < -0.39 is 11.1 Å². The zero-order valence-corrected chi connectivity index (χ0v) is 17.5. The lowest BCUT2D eigenvalue weighted by molar-refractivity contribution is 0.288. The van der Waals surface area contributed by atoms with E-state index in [1.807, 2.05) is 26.8 Å². The van der Waals surface area contributed by atoms with Crippen LogP contribution in [-0.2, 0) is 6.54 Å². The summed E-state index contributed by atoms with van der Waals surface area (Å²) < 4.78 is 18.1. The van der Waals surface area contributed by atoms with E-state index in [1.165, 1.54) is 4.57 Å². The van der Waals surface area contributed by atoms with E-state index in [0.29, 0.717) is 65.1 Å². The molecule has 0 unspecified atom stereocenters. The molecule has 0 spiro atoms. The molecule has 9 nitrogen and oxygen atoms in total. The van der Waals surface area contributed by atoms with E-state index in [1.54, 1.807) is 30.3 Å². The molecule has 1 N–H and O–H groups in total. The van der Waals surface area contributed by atoms with Gasteiger partial charge in [0.15, 0.2) is 11.5 Å². The first kappa shape index (κ1) is 20.4. The second-order valence-corrected chi connectivity index (χ2v) is 6.69. The average Bonchev–Trinajstić information content (AvgIpc) is 3.26. The van der Waals surface area contributed by atoms with Crippen molar-refractivity contribution in [3.63, 3.8) is 0 Å². The van der Waals surface area contributed by atoms with Crippen LogP contribution in [0.4, 0.5) is 0 Å². The van der Waals surface area contributed by atoms with Crippen LogP contribution < -0.4 is 20.6 Å². The van der Waals surface area contributed by atoms with Crippen LogP contribution in [-0.4, -0.2) is 32.9 Å². The van der Waals surface area contributed by atoms with E-state index in [-0.39, 0.29) is 0 Å². The Morgan fingerprint density at radius 2 is 1.71 bits per heavy atom. The number of rotatable bonds is 7. The van der Waals surface area contributed by atoms with Crippen molar-refractivity contribution in [1.82, 2.24) is 19.7 Å². The topological polar surface area (TPSA) is 112 Å². The summed E-state index contributed by atoms with van der Waals surface area (Å²) in [5.74, 6) is 1.93. The van der Waals surface area contributed by atoms with Crippen molar-refractivity contribution in [2.45, 2.75) is 27.3 Å². The molecule has 0 saturated heterocycles. The summed E-state index contributed by atoms with van der Waals surface area (Å²) in [5, 5.41) is 4.07. The second-order valence-electron chi connectivity index (χ2n) is 6.69. The third kappa shape index (κ3) is 3.81. The number of hydrogen-bond donors (Lipinski definition) is 1. The summed E-state index contributed by atoms with van der Waals surface area (Å²) in [5.41, 5.74) is 1.25. The first-order chi connectivity index (χ1) is 15.0. The molecule has 0 aliphatic carbocycles. The van der Waals surface area contributed by atoms with Crippen molar-refractivity contribution in [2.75, 3.05) is 13.2 Å². The summed E-state index contributed by atoms with van der Waals surface area (Å²) in [7, 11) is 0. The Labute approximate surface area is 177 Å². The molecule has 0 bridgehead atoms. The van der Waals surface area contributed by atoms with E-state index in [0.717, 1.165) is 0 Å². The third-order valence-corrected chi connectivity index (χ3v) is 4.77. The number of aromatic nitrogens is 4. The van der Waals surface area contributed by atoms with Gasteiger partial charge in [-0.2, -0.15) is 4.98 Å². The quantitative estimate of drug-likeness (QED) is 0.455. The van der Waals surface area contributed by atoms with Crippen LogP contribution in [0.1, 0.15) is 20.8 Å². The molecule has 4 aromatic rings. The van der Waals surface area contributed by atoms with Crippen LogP contribution >= 0.6 is 0 Å². The summed E-state index contributed by atoms with van der Waals surface area (Å²) in [6.45, 7) is 7.04. The number of aryl methyl sites for hydroxylation is 1. The van der Waals surface area contributed by atoms with Gasteiger partial charge < -0.3 is 23.5 Å². The molecule has 0 aliphatic rings. The first-order valence-electron chi connectivity index (χ1n) is 10.1. The lowest BCUT2D eigenvalue weighted by Gasteiger charge is -2.11. The normalized spacial score (nSPS) is 11.1. The molecule has 0 fully saturated rings. The van der Waals surface area contributed by atoms with Gasteiger partial charge in [-0.3, -0.25) is 9.59 Å². The molecular formula is C22H22N4O5. The highest BCUT2D eigenvalue weighted by atomic mass is 16.5. The number of hydrogen-bond acceptors (Lipinski definition) is 7. The van der Waals surface area contributed by atoms with Crippen molar-refractivity contribution in [3.8, 4) is 34.3 Å². The van der Waals surface area contributed by atoms with Crippen LogP contribution in [0, 0.1) is 0 Å². The van der Waals surface area contributed by atoms with Crippen LogP contribution in [0.3, 0.4) is 0 Å². The minimum Gasteiger partial charge on any atom is -0.490 e. The van der Waals surface area contributed by atoms with Crippen LogP contribution in [0.2, 0.25) is 0 Å². The van der Waals surface area contributed by atoms with E-state index >= 15 is 0 Å². The third-order valence-electron chi connectivity index (χ3n) is 4.77. The van der Waals surface area contributed by atoms with Gasteiger partial charge in [0.2, 0.25) is 5.82 Å². The molecule has 9 heteroatoms. The smallest absolute Gasteiger partial charge is 0.316 e. The summed E-state index contributed by atoms with van der Waals surface area (Å²) >= 11 is 0. The Hall–Kier alpha value is -3.88. The maximum atomic E-state index is 12.0. The fourth-order valence-electron chi connectivity index (χ4n) is 3.37. The van der Waals surface area contributed by atoms with Gasteiger partial charge in [0.25, 0.3) is 5.89 Å². The number of ether oxygens (including phenoxy) is 2. The SMILES string of the molecule is CCOc1ccc(-c2nc(-c3ccc4c(c3)[nH]c(=O)c(=O)n4CC)no2)cc1OCC. The maximum absolute atomic E-state index is 12.0.